The lowest BCUT2D eigenvalue weighted by molar-refractivity contribution is 0.415. The lowest BCUT2D eigenvalue weighted by Crippen LogP contribution is -1.99. The number of thiophene rings is 2. The van der Waals surface area contributed by atoms with Gasteiger partial charge in [-0.3, -0.25) is 0 Å². The molecule has 0 saturated heterocycles. The molecule has 2 aliphatic carbocycles. The van der Waals surface area contributed by atoms with Gasteiger partial charge in [-0.05, 0) is 68.1 Å². The van der Waals surface area contributed by atoms with E-state index in [1.165, 1.54) is 53.9 Å². The molecule has 2 aromatic heterocycles. The number of hydrogen-bond acceptors (Lipinski definition) is 4. The zero-order valence-electron chi connectivity index (χ0n) is 16.3. The summed E-state index contributed by atoms with van der Waals surface area (Å²) in [7, 11) is 3.59. The Kier molecular flexibility index (Phi) is 3.34. The van der Waals surface area contributed by atoms with Crippen LogP contribution in [-0.2, 0) is 0 Å². The molecule has 6 rings (SSSR count). The van der Waals surface area contributed by atoms with Gasteiger partial charge in [0.15, 0.2) is 0 Å². The van der Waals surface area contributed by atoms with Crippen molar-refractivity contribution in [2.24, 2.45) is 0 Å². The van der Waals surface area contributed by atoms with Crippen LogP contribution in [0.2, 0.25) is 0 Å². The molecule has 0 N–H and O–H groups in total. The largest absolute Gasteiger partial charge is 0.496 e. The minimum absolute atomic E-state index is 0.363. The topological polar surface area (TPSA) is 18.5 Å². The van der Waals surface area contributed by atoms with Crippen molar-refractivity contribution in [1.82, 2.24) is 0 Å². The monoisotopic (exact) mass is 404 g/mol. The molecule has 0 bridgehead atoms. The van der Waals surface area contributed by atoms with Gasteiger partial charge in [-0.15, -0.1) is 22.7 Å². The summed E-state index contributed by atoms with van der Waals surface area (Å²) in [5.74, 6) is 2.71. The van der Waals surface area contributed by atoms with Gasteiger partial charge in [0.05, 0.1) is 14.2 Å². The van der Waals surface area contributed by atoms with Crippen molar-refractivity contribution in [3.63, 3.8) is 0 Å². The maximum absolute atomic E-state index is 5.93. The first-order chi connectivity index (χ1) is 13.7. The zero-order valence-corrected chi connectivity index (χ0v) is 17.9. The third-order valence-electron chi connectivity index (χ3n) is 6.54. The minimum Gasteiger partial charge on any atom is -0.496 e. The van der Waals surface area contributed by atoms with Crippen LogP contribution in [-0.4, -0.2) is 14.2 Å². The van der Waals surface area contributed by atoms with Gasteiger partial charge in [0.2, 0.25) is 0 Å². The lowest BCUT2D eigenvalue weighted by atomic mass is 9.87. The Hall–Kier alpha value is -2.30. The highest BCUT2D eigenvalue weighted by Crippen LogP contribution is 2.59. The Morgan fingerprint density at radius 2 is 1.14 bits per heavy atom. The summed E-state index contributed by atoms with van der Waals surface area (Å²) in [6.07, 6.45) is 0. The van der Waals surface area contributed by atoms with Gasteiger partial charge in [0.1, 0.15) is 11.5 Å². The lowest BCUT2D eigenvalue weighted by Gasteiger charge is -2.20. The Bertz CT molecular complexity index is 1180. The van der Waals surface area contributed by atoms with Gasteiger partial charge in [0, 0.05) is 32.7 Å². The first kappa shape index (κ1) is 16.6. The quantitative estimate of drug-likeness (QED) is 0.350. The summed E-state index contributed by atoms with van der Waals surface area (Å²) in [4.78, 5) is 2.71. The molecule has 0 spiro atoms. The summed E-state index contributed by atoms with van der Waals surface area (Å²) in [5, 5.41) is 7.00. The molecule has 0 aliphatic heterocycles. The van der Waals surface area contributed by atoms with E-state index in [4.69, 9.17) is 9.47 Å². The predicted octanol–water partition coefficient (Wildman–Crippen LogP) is 7.24. The van der Waals surface area contributed by atoms with Crippen molar-refractivity contribution in [2.75, 3.05) is 14.2 Å². The van der Waals surface area contributed by atoms with E-state index >= 15 is 0 Å². The van der Waals surface area contributed by atoms with Gasteiger partial charge in [0.25, 0.3) is 0 Å². The predicted molar refractivity (Wildman–Crippen MR) is 119 cm³/mol. The molecule has 2 nitrogen and oxygen atoms in total. The molecule has 2 unspecified atom stereocenters. The van der Waals surface area contributed by atoms with E-state index in [9.17, 15) is 0 Å². The number of rotatable bonds is 2. The molecule has 0 amide bonds. The van der Waals surface area contributed by atoms with Gasteiger partial charge in [-0.1, -0.05) is 13.8 Å². The number of ether oxygens (including phenoxy) is 2. The molecule has 0 saturated carbocycles. The fourth-order valence-corrected chi connectivity index (χ4v) is 7.39. The molecule has 140 valence electrons. The van der Waals surface area contributed by atoms with E-state index in [2.05, 4.69) is 48.9 Å². The molecular weight excluding hydrogens is 384 g/mol. The Labute approximate surface area is 172 Å². The average molecular weight is 405 g/mol. The van der Waals surface area contributed by atoms with Crippen LogP contribution < -0.4 is 9.47 Å². The van der Waals surface area contributed by atoms with E-state index < -0.39 is 0 Å². The van der Waals surface area contributed by atoms with Crippen LogP contribution >= 0.6 is 22.7 Å². The highest BCUT2D eigenvalue weighted by molar-refractivity contribution is 7.14. The van der Waals surface area contributed by atoms with Gasteiger partial charge in [-0.2, -0.15) is 0 Å². The summed E-state index contributed by atoms with van der Waals surface area (Å²) < 4.78 is 11.9. The van der Waals surface area contributed by atoms with E-state index in [-0.39, 0.29) is 0 Å². The summed E-state index contributed by atoms with van der Waals surface area (Å²) in [6.45, 7) is 4.63. The molecule has 0 radical (unpaired) electrons. The zero-order chi connectivity index (χ0) is 19.2. The normalized spacial score (nSPS) is 18.7. The molecule has 2 heterocycles. The smallest absolute Gasteiger partial charge is 0.128 e. The second-order valence-electron chi connectivity index (χ2n) is 7.68. The van der Waals surface area contributed by atoms with Gasteiger partial charge < -0.3 is 9.47 Å². The van der Waals surface area contributed by atoms with Crippen molar-refractivity contribution in [2.45, 2.75) is 25.7 Å². The van der Waals surface area contributed by atoms with Crippen LogP contribution in [0.25, 0.3) is 31.7 Å². The Morgan fingerprint density at radius 1 is 0.714 bits per heavy atom. The first-order valence-corrected chi connectivity index (χ1v) is 11.3. The fourth-order valence-electron chi connectivity index (χ4n) is 5.27. The van der Waals surface area contributed by atoms with E-state index in [1.54, 1.807) is 14.2 Å². The standard InChI is InChI=1S/C24H20O2S2/c1-11-13-5-7-27-23(13)21-17(25-3)10-16-15(19(11)21)9-18(26-4)22-20(16)12(2)14-6-8-28-24(14)22/h5-12H,1-4H3. The first-order valence-electron chi connectivity index (χ1n) is 9.56. The second kappa shape index (κ2) is 5.62. The number of methoxy groups -OCH3 is 2. The molecule has 2 atom stereocenters. The van der Waals surface area contributed by atoms with Crippen LogP contribution in [0.4, 0.5) is 0 Å². The second-order valence-corrected chi connectivity index (χ2v) is 9.52. The van der Waals surface area contributed by atoms with Crippen LogP contribution in [0.1, 0.15) is 47.9 Å². The third-order valence-corrected chi connectivity index (χ3v) is 8.43. The molecule has 28 heavy (non-hydrogen) atoms. The number of fused-ring (bicyclic) bond motifs is 9. The highest BCUT2D eigenvalue weighted by atomic mass is 32.1. The van der Waals surface area contributed by atoms with Crippen molar-refractivity contribution in [1.29, 1.82) is 0 Å². The Balaban J connectivity index is 1.79. The van der Waals surface area contributed by atoms with E-state index in [0.717, 1.165) is 11.5 Å². The molecule has 0 fully saturated rings. The molecule has 4 heteroatoms. The van der Waals surface area contributed by atoms with Crippen molar-refractivity contribution in [3.8, 4) is 32.4 Å². The molecular formula is C24H20O2S2. The van der Waals surface area contributed by atoms with Crippen LogP contribution in [0, 0.1) is 0 Å². The molecule has 2 aliphatic rings. The van der Waals surface area contributed by atoms with Crippen LogP contribution in [0.3, 0.4) is 0 Å². The number of benzene rings is 2. The number of hydrogen-bond donors (Lipinski definition) is 0. The van der Waals surface area contributed by atoms with Crippen molar-refractivity contribution in [3.05, 3.63) is 57.3 Å². The summed E-state index contributed by atoms with van der Waals surface area (Å²) in [6, 6.07) is 9.06. The Morgan fingerprint density at radius 3 is 1.54 bits per heavy atom. The van der Waals surface area contributed by atoms with E-state index in [0.29, 0.717) is 11.8 Å². The van der Waals surface area contributed by atoms with Crippen molar-refractivity contribution < 1.29 is 9.47 Å². The maximum atomic E-state index is 5.93. The minimum atomic E-state index is 0.363. The molecule has 2 aromatic carbocycles. The van der Waals surface area contributed by atoms with Crippen LogP contribution in [0.5, 0.6) is 11.5 Å². The van der Waals surface area contributed by atoms with Gasteiger partial charge in [-0.25, -0.2) is 0 Å². The fraction of sp³-hybridized carbons (Fsp3) is 0.250. The average Bonchev–Trinajstić information content (AvgIpc) is 3.46. The molecule has 4 aromatic rings. The maximum Gasteiger partial charge on any atom is 0.128 e. The summed E-state index contributed by atoms with van der Waals surface area (Å²) in [5.41, 5.74) is 8.15. The summed E-state index contributed by atoms with van der Waals surface area (Å²) >= 11 is 3.63. The van der Waals surface area contributed by atoms with Crippen LogP contribution in [0.15, 0.2) is 35.0 Å². The van der Waals surface area contributed by atoms with E-state index in [1.807, 2.05) is 22.7 Å². The SMILES string of the molecule is COc1cc2c3c(c(OC)cc2c2c1-c1sccc1C2C)-c1sccc1C3C. The van der Waals surface area contributed by atoms with Crippen molar-refractivity contribution >= 4 is 33.4 Å². The third kappa shape index (κ3) is 1.83. The van der Waals surface area contributed by atoms with Gasteiger partial charge >= 0.3 is 0 Å². The highest BCUT2D eigenvalue weighted by Gasteiger charge is 2.36.